The van der Waals surface area contributed by atoms with Crippen LogP contribution in [0.5, 0.6) is 0 Å². The molecule has 1 aromatic rings. The zero-order chi connectivity index (χ0) is 15.0. The predicted octanol–water partition coefficient (Wildman–Crippen LogP) is 3.21. The molecule has 0 aromatic heterocycles. The minimum absolute atomic E-state index is 0.0568. The summed E-state index contributed by atoms with van der Waals surface area (Å²) in [5, 5.41) is 0. The van der Waals surface area contributed by atoms with Gasteiger partial charge in [-0.1, -0.05) is 38.1 Å². The van der Waals surface area contributed by atoms with Crippen LogP contribution in [0.25, 0.3) is 0 Å². The Morgan fingerprint density at radius 1 is 1.19 bits per heavy atom. The number of nitrogens with two attached hydrogens (primary N) is 1. The first-order valence-corrected chi connectivity index (χ1v) is 8.21. The molecule has 1 heterocycles. The van der Waals surface area contributed by atoms with E-state index in [4.69, 9.17) is 5.73 Å². The standard InChI is InChI=1S/C18H26N2O/c1-12(2)11-20-17(21)10-9-16(19)18(20)15-6-4-3-5-14(15)13-7-8-13/h3-6,12-13,16,18H,7-11,19H2,1-2H3. The van der Waals surface area contributed by atoms with Crippen molar-refractivity contribution in [1.82, 2.24) is 4.90 Å². The number of piperidine rings is 1. The maximum absolute atomic E-state index is 12.4. The largest absolute Gasteiger partial charge is 0.334 e. The quantitative estimate of drug-likeness (QED) is 0.924. The first kappa shape index (κ1) is 14.6. The van der Waals surface area contributed by atoms with Crippen LogP contribution < -0.4 is 5.73 Å². The SMILES string of the molecule is CC(C)CN1C(=O)CCC(N)C1c1ccccc1C1CC1. The molecule has 1 saturated carbocycles. The summed E-state index contributed by atoms with van der Waals surface area (Å²) in [4.78, 5) is 14.5. The van der Waals surface area contributed by atoms with E-state index in [0.29, 0.717) is 18.3 Å². The normalized spacial score (nSPS) is 26.5. The van der Waals surface area contributed by atoms with Crippen molar-refractivity contribution < 1.29 is 4.79 Å². The number of carbonyl (C=O) groups excluding carboxylic acids is 1. The highest BCUT2D eigenvalue weighted by atomic mass is 16.2. The van der Waals surface area contributed by atoms with Gasteiger partial charge in [-0.25, -0.2) is 0 Å². The van der Waals surface area contributed by atoms with Crippen LogP contribution >= 0.6 is 0 Å². The van der Waals surface area contributed by atoms with E-state index in [2.05, 4.69) is 38.1 Å². The molecule has 2 fully saturated rings. The first-order valence-electron chi connectivity index (χ1n) is 8.21. The molecule has 1 saturated heterocycles. The van der Waals surface area contributed by atoms with Crippen molar-refractivity contribution in [1.29, 1.82) is 0 Å². The van der Waals surface area contributed by atoms with Gasteiger partial charge in [0.2, 0.25) is 5.91 Å². The summed E-state index contributed by atoms with van der Waals surface area (Å²) in [5.41, 5.74) is 9.15. The maximum atomic E-state index is 12.4. The first-order chi connectivity index (χ1) is 10.1. The average Bonchev–Trinajstić information content (AvgIpc) is 3.27. The molecule has 0 radical (unpaired) electrons. The fourth-order valence-corrected chi connectivity index (χ4v) is 3.53. The number of amides is 1. The molecule has 1 aliphatic heterocycles. The molecule has 3 rings (SSSR count). The number of rotatable bonds is 4. The Morgan fingerprint density at radius 2 is 1.86 bits per heavy atom. The second-order valence-electron chi connectivity index (χ2n) is 6.99. The molecule has 2 N–H and O–H groups in total. The Kier molecular flexibility index (Phi) is 4.03. The lowest BCUT2D eigenvalue weighted by Crippen LogP contribution is -2.50. The Balaban J connectivity index is 1.97. The fourth-order valence-electron chi connectivity index (χ4n) is 3.53. The van der Waals surface area contributed by atoms with E-state index < -0.39 is 0 Å². The van der Waals surface area contributed by atoms with Crippen LogP contribution in [-0.2, 0) is 4.79 Å². The molecule has 2 unspecified atom stereocenters. The van der Waals surface area contributed by atoms with Gasteiger partial charge in [-0.15, -0.1) is 0 Å². The number of benzene rings is 1. The summed E-state index contributed by atoms with van der Waals surface area (Å²) < 4.78 is 0. The molecule has 2 atom stereocenters. The van der Waals surface area contributed by atoms with E-state index in [-0.39, 0.29) is 18.0 Å². The van der Waals surface area contributed by atoms with Gasteiger partial charge in [-0.05, 0) is 42.2 Å². The highest BCUT2D eigenvalue weighted by Gasteiger charge is 2.38. The molecule has 0 bridgehead atoms. The van der Waals surface area contributed by atoms with Gasteiger partial charge in [0.1, 0.15) is 0 Å². The lowest BCUT2D eigenvalue weighted by molar-refractivity contribution is -0.138. The van der Waals surface area contributed by atoms with Gasteiger partial charge in [-0.3, -0.25) is 4.79 Å². The van der Waals surface area contributed by atoms with Crippen LogP contribution in [0.15, 0.2) is 24.3 Å². The van der Waals surface area contributed by atoms with E-state index in [9.17, 15) is 4.79 Å². The van der Waals surface area contributed by atoms with Crippen LogP contribution in [-0.4, -0.2) is 23.4 Å². The average molecular weight is 286 g/mol. The Labute approximate surface area is 127 Å². The lowest BCUT2D eigenvalue weighted by atomic mass is 9.86. The third-order valence-corrected chi connectivity index (χ3v) is 4.65. The summed E-state index contributed by atoms with van der Waals surface area (Å²) in [6.45, 7) is 5.13. The van der Waals surface area contributed by atoms with Gasteiger partial charge in [0.15, 0.2) is 0 Å². The number of nitrogens with zero attached hydrogens (tertiary/aromatic N) is 1. The molecule has 3 nitrogen and oxygen atoms in total. The Hall–Kier alpha value is -1.35. The van der Waals surface area contributed by atoms with Crippen molar-refractivity contribution in [3.05, 3.63) is 35.4 Å². The number of carbonyl (C=O) groups is 1. The molecule has 1 aliphatic carbocycles. The summed E-state index contributed by atoms with van der Waals surface area (Å²) in [5.74, 6) is 1.42. The number of likely N-dealkylation sites (tertiary alicyclic amines) is 1. The van der Waals surface area contributed by atoms with E-state index in [1.165, 1.54) is 24.0 Å². The molecule has 1 aromatic carbocycles. The van der Waals surface area contributed by atoms with Crippen molar-refractivity contribution in [2.75, 3.05) is 6.54 Å². The van der Waals surface area contributed by atoms with E-state index in [0.717, 1.165) is 13.0 Å². The van der Waals surface area contributed by atoms with Crippen molar-refractivity contribution in [3.63, 3.8) is 0 Å². The highest BCUT2D eigenvalue weighted by molar-refractivity contribution is 5.78. The summed E-state index contributed by atoms with van der Waals surface area (Å²) in [7, 11) is 0. The zero-order valence-corrected chi connectivity index (χ0v) is 13.1. The van der Waals surface area contributed by atoms with Crippen molar-refractivity contribution in [2.24, 2.45) is 11.7 Å². The minimum atomic E-state index is 0.0568. The molecule has 3 heteroatoms. The number of hydrogen-bond donors (Lipinski definition) is 1. The summed E-state index contributed by atoms with van der Waals surface area (Å²) in [6, 6.07) is 8.73. The second-order valence-corrected chi connectivity index (χ2v) is 6.99. The van der Waals surface area contributed by atoms with E-state index in [1.807, 2.05) is 4.90 Å². The minimum Gasteiger partial charge on any atom is -0.334 e. The van der Waals surface area contributed by atoms with E-state index >= 15 is 0 Å². The molecule has 0 spiro atoms. The zero-order valence-electron chi connectivity index (χ0n) is 13.1. The maximum Gasteiger partial charge on any atom is 0.223 e. The second kappa shape index (κ2) is 5.80. The molecule has 1 amide bonds. The molecular weight excluding hydrogens is 260 g/mol. The number of hydrogen-bond acceptors (Lipinski definition) is 2. The summed E-state index contributed by atoms with van der Waals surface area (Å²) in [6.07, 6.45) is 3.95. The topological polar surface area (TPSA) is 46.3 Å². The lowest BCUT2D eigenvalue weighted by Gasteiger charge is -2.41. The highest BCUT2D eigenvalue weighted by Crippen LogP contribution is 2.45. The fraction of sp³-hybridized carbons (Fsp3) is 0.611. The third kappa shape index (κ3) is 2.98. The van der Waals surface area contributed by atoms with E-state index in [1.54, 1.807) is 0 Å². The van der Waals surface area contributed by atoms with Crippen molar-refractivity contribution in [3.8, 4) is 0 Å². The smallest absolute Gasteiger partial charge is 0.223 e. The van der Waals surface area contributed by atoms with Crippen LogP contribution in [0, 0.1) is 5.92 Å². The molecule has 2 aliphatic rings. The van der Waals surface area contributed by atoms with Crippen LogP contribution in [0.2, 0.25) is 0 Å². The van der Waals surface area contributed by atoms with Crippen molar-refractivity contribution >= 4 is 5.91 Å². The van der Waals surface area contributed by atoms with Gasteiger partial charge in [0.25, 0.3) is 0 Å². The van der Waals surface area contributed by atoms with Crippen LogP contribution in [0.4, 0.5) is 0 Å². The Morgan fingerprint density at radius 3 is 2.48 bits per heavy atom. The van der Waals surface area contributed by atoms with Gasteiger partial charge in [0.05, 0.1) is 6.04 Å². The molecule has 114 valence electrons. The summed E-state index contributed by atoms with van der Waals surface area (Å²) >= 11 is 0. The third-order valence-electron chi connectivity index (χ3n) is 4.65. The van der Waals surface area contributed by atoms with Crippen LogP contribution in [0.3, 0.4) is 0 Å². The Bertz CT molecular complexity index is 522. The predicted molar refractivity (Wildman–Crippen MR) is 84.9 cm³/mol. The van der Waals surface area contributed by atoms with Crippen molar-refractivity contribution in [2.45, 2.75) is 57.5 Å². The van der Waals surface area contributed by atoms with Gasteiger partial charge in [-0.2, -0.15) is 0 Å². The monoisotopic (exact) mass is 286 g/mol. The van der Waals surface area contributed by atoms with Gasteiger partial charge >= 0.3 is 0 Å². The van der Waals surface area contributed by atoms with Gasteiger partial charge in [0, 0.05) is 19.0 Å². The van der Waals surface area contributed by atoms with Gasteiger partial charge < -0.3 is 10.6 Å². The van der Waals surface area contributed by atoms with Crippen LogP contribution in [0.1, 0.15) is 62.6 Å². The molecular formula is C18H26N2O. The molecule has 21 heavy (non-hydrogen) atoms.